The number of allylic oxidation sites excluding steroid dienone is 1. The fourth-order valence-electron chi connectivity index (χ4n) is 1.69. The van der Waals surface area contributed by atoms with Gasteiger partial charge in [0, 0.05) is 13.6 Å². The van der Waals surface area contributed by atoms with E-state index in [0.29, 0.717) is 11.6 Å². The van der Waals surface area contributed by atoms with Gasteiger partial charge in [-0.25, -0.2) is 9.50 Å². The number of likely N-dealkylation sites (N-methyl/N-ethyl adjacent to an activating group) is 1. The fraction of sp³-hybridized carbons (Fsp3) is 0.308. The Balaban J connectivity index is 2.21. The van der Waals surface area contributed by atoms with Gasteiger partial charge in [-0.1, -0.05) is 30.1 Å². The van der Waals surface area contributed by atoms with Gasteiger partial charge in [0.1, 0.15) is 10.7 Å². The van der Waals surface area contributed by atoms with Crippen LogP contribution >= 0.6 is 11.3 Å². The number of amides is 1. The maximum atomic E-state index is 12.3. The molecule has 0 fully saturated rings. The zero-order valence-electron chi connectivity index (χ0n) is 11.3. The van der Waals surface area contributed by atoms with Crippen LogP contribution in [0.15, 0.2) is 30.5 Å². The predicted molar refractivity (Wildman–Crippen MR) is 76.5 cm³/mol. The lowest BCUT2D eigenvalue weighted by Gasteiger charge is -2.15. The molecule has 0 spiro atoms. The number of nitrogens with zero attached hydrogens (tertiary/aromatic N) is 4. The summed E-state index contributed by atoms with van der Waals surface area (Å²) in [6.45, 7) is 8.05. The van der Waals surface area contributed by atoms with Crippen LogP contribution in [-0.4, -0.2) is 39.0 Å². The van der Waals surface area contributed by atoms with Crippen molar-refractivity contribution in [2.45, 2.75) is 13.8 Å². The summed E-state index contributed by atoms with van der Waals surface area (Å²) in [5.41, 5.74) is 1.01. The van der Waals surface area contributed by atoms with Gasteiger partial charge in [-0.15, -0.1) is 5.10 Å². The third kappa shape index (κ3) is 2.58. The summed E-state index contributed by atoms with van der Waals surface area (Å²) in [4.78, 5) is 18.9. The molecular weight excluding hydrogens is 260 g/mol. The smallest absolute Gasteiger partial charge is 0.284 e. The number of rotatable bonds is 4. The molecule has 0 aliphatic rings. The van der Waals surface area contributed by atoms with Gasteiger partial charge in [-0.2, -0.15) is 0 Å². The van der Waals surface area contributed by atoms with E-state index in [4.69, 9.17) is 0 Å². The van der Waals surface area contributed by atoms with Gasteiger partial charge >= 0.3 is 0 Å². The molecule has 0 saturated carbocycles. The van der Waals surface area contributed by atoms with Crippen LogP contribution in [0, 0.1) is 6.92 Å². The van der Waals surface area contributed by atoms with Crippen LogP contribution in [0.2, 0.25) is 0 Å². The van der Waals surface area contributed by atoms with Crippen LogP contribution < -0.4 is 0 Å². The van der Waals surface area contributed by atoms with E-state index in [1.165, 1.54) is 11.3 Å². The molecule has 100 valence electrons. The second-order valence-corrected chi connectivity index (χ2v) is 5.20. The maximum Gasteiger partial charge on any atom is 0.284 e. The average Bonchev–Trinajstić information content (AvgIpc) is 2.97. The highest BCUT2D eigenvalue weighted by atomic mass is 32.1. The SMILES string of the molecule is C=C/C(=C\C)CN(C)C(=O)c1nn2c(C)ncc2s1. The highest BCUT2D eigenvalue weighted by Gasteiger charge is 2.18. The standard InChI is InChI=1S/C13H16N4OS/c1-5-10(6-2)8-16(4)13(18)12-15-17-9(3)14-7-11(17)19-12/h5-7H,1,8H2,2-4H3/b10-6+. The maximum absolute atomic E-state index is 12.3. The minimum atomic E-state index is -0.0886. The first-order valence-corrected chi connectivity index (χ1v) is 6.72. The molecule has 2 rings (SSSR count). The molecule has 0 radical (unpaired) electrons. The van der Waals surface area contributed by atoms with Gasteiger partial charge in [-0.3, -0.25) is 4.79 Å². The van der Waals surface area contributed by atoms with Gasteiger partial charge in [0.05, 0.1) is 6.20 Å². The topological polar surface area (TPSA) is 50.5 Å². The predicted octanol–water partition coefficient (Wildman–Crippen LogP) is 2.30. The van der Waals surface area contributed by atoms with Crippen molar-refractivity contribution in [3.05, 3.63) is 41.3 Å². The number of aryl methyl sites for hydroxylation is 1. The zero-order chi connectivity index (χ0) is 14.0. The van der Waals surface area contributed by atoms with E-state index < -0.39 is 0 Å². The Kier molecular flexibility index (Phi) is 3.80. The van der Waals surface area contributed by atoms with Crippen molar-refractivity contribution in [1.29, 1.82) is 0 Å². The lowest BCUT2D eigenvalue weighted by atomic mass is 10.2. The number of carbonyl (C=O) groups is 1. The normalized spacial score (nSPS) is 11.8. The van der Waals surface area contributed by atoms with Crippen LogP contribution in [0.5, 0.6) is 0 Å². The van der Waals surface area contributed by atoms with Crippen molar-refractivity contribution >= 4 is 22.1 Å². The van der Waals surface area contributed by atoms with Crippen LogP contribution in [0.3, 0.4) is 0 Å². The summed E-state index contributed by atoms with van der Waals surface area (Å²) >= 11 is 1.35. The van der Waals surface area contributed by atoms with Gasteiger partial charge in [0.15, 0.2) is 0 Å². The van der Waals surface area contributed by atoms with E-state index in [1.807, 2.05) is 19.9 Å². The lowest BCUT2D eigenvalue weighted by Crippen LogP contribution is -2.28. The van der Waals surface area contributed by atoms with E-state index in [9.17, 15) is 4.79 Å². The summed E-state index contributed by atoms with van der Waals surface area (Å²) < 4.78 is 1.69. The Morgan fingerprint density at radius 1 is 1.63 bits per heavy atom. The van der Waals surface area contributed by atoms with Crippen molar-refractivity contribution in [3.63, 3.8) is 0 Å². The van der Waals surface area contributed by atoms with E-state index in [2.05, 4.69) is 16.7 Å². The molecule has 2 aromatic rings. The summed E-state index contributed by atoms with van der Waals surface area (Å²) in [6.07, 6.45) is 5.42. The van der Waals surface area contributed by atoms with Crippen LogP contribution in [0.4, 0.5) is 0 Å². The lowest BCUT2D eigenvalue weighted by molar-refractivity contribution is 0.0806. The van der Waals surface area contributed by atoms with Gasteiger partial charge in [0.2, 0.25) is 5.01 Å². The molecule has 0 atom stereocenters. The van der Waals surface area contributed by atoms with Crippen molar-refractivity contribution < 1.29 is 4.79 Å². The summed E-state index contributed by atoms with van der Waals surface area (Å²) in [6, 6.07) is 0. The number of imidazole rings is 1. The monoisotopic (exact) mass is 276 g/mol. The molecule has 0 bridgehead atoms. The molecule has 6 heteroatoms. The Bertz CT molecular complexity index is 653. The van der Waals surface area contributed by atoms with Crippen LogP contribution in [-0.2, 0) is 0 Å². The Morgan fingerprint density at radius 3 is 2.95 bits per heavy atom. The third-order valence-corrected chi connectivity index (χ3v) is 3.79. The summed E-state index contributed by atoms with van der Waals surface area (Å²) in [5.74, 6) is 0.697. The third-order valence-electron chi connectivity index (χ3n) is 2.85. The number of aromatic nitrogens is 3. The molecule has 0 saturated heterocycles. The van der Waals surface area contributed by atoms with Crippen LogP contribution in [0.25, 0.3) is 4.83 Å². The largest absolute Gasteiger partial charge is 0.335 e. The molecule has 1 amide bonds. The van der Waals surface area contributed by atoms with Crippen molar-refractivity contribution in [1.82, 2.24) is 19.5 Å². The molecule has 19 heavy (non-hydrogen) atoms. The highest BCUT2D eigenvalue weighted by molar-refractivity contribution is 7.18. The fourth-order valence-corrected chi connectivity index (χ4v) is 2.62. The molecule has 0 N–H and O–H groups in total. The minimum absolute atomic E-state index is 0.0886. The average molecular weight is 276 g/mol. The van der Waals surface area contributed by atoms with Crippen molar-refractivity contribution in [3.8, 4) is 0 Å². The highest BCUT2D eigenvalue weighted by Crippen LogP contribution is 2.17. The van der Waals surface area contributed by atoms with E-state index in [1.54, 1.807) is 28.7 Å². The number of fused-ring (bicyclic) bond motifs is 1. The van der Waals surface area contributed by atoms with Gasteiger partial charge in [0.25, 0.3) is 5.91 Å². The zero-order valence-corrected chi connectivity index (χ0v) is 12.1. The Morgan fingerprint density at radius 2 is 2.37 bits per heavy atom. The van der Waals surface area contributed by atoms with E-state index >= 15 is 0 Å². The first-order valence-electron chi connectivity index (χ1n) is 5.91. The molecule has 2 heterocycles. The number of hydrogen-bond donors (Lipinski definition) is 0. The second-order valence-electron chi connectivity index (χ2n) is 4.19. The van der Waals surface area contributed by atoms with Crippen molar-refractivity contribution in [2.75, 3.05) is 13.6 Å². The molecule has 5 nitrogen and oxygen atoms in total. The summed E-state index contributed by atoms with van der Waals surface area (Å²) in [5, 5.41) is 4.76. The molecule has 0 aliphatic carbocycles. The molecule has 2 aromatic heterocycles. The van der Waals surface area contributed by atoms with E-state index in [-0.39, 0.29) is 5.91 Å². The first-order chi connectivity index (χ1) is 9.06. The molecule has 0 aromatic carbocycles. The van der Waals surface area contributed by atoms with E-state index in [0.717, 1.165) is 16.2 Å². The second kappa shape index (κ2) is 5.36. The molecule has 0 unspecified atom stereocenters. The molecular formula is C13H16N4OS. The Labute approximate surface area is 115 Å². The minimum Gasteiger partial charge on any atom is -0.335 e. The van der Waals surface area contributed by atoms with Gasteiger partial charge in [-0.05, 0) is 19.4 Å². The number of carbonyl (C=O) groups excluding carboxylic acids is 1. The molecule has 0 aliphatic heterocycles. The first kappa shape index (κ1) is 13.5. The number of hydrogen-bond acceptors (Lipinski definition) is 4. The van der Waals surface area contributed by atoms with Crippen LogP contribution in [0.1, 0.15) is 22.6 Å². The quantitative estimate of drug-likeness (QED) is 0.805. The summed E-state index contributed by atoms with van der Waals surface area (Å²) in [7, 11) is 1.76. The van der Waals surface area contributed by atoms with Gasteiger partial charge < -0.3 is 4.90 Å². The Hall–Kier alpha value is -1.95. The van der Waals surface area contributed by atoms with Crippen molar-refractivity contribution in [2.24, 2.45) is 0 Å².